The number of halogens is 4. The Bertz CT molecular complexity index is 505. The van der Waals surface area contributed by atoms with E-state index in [1.165, 1.54) is 0 Å². The van der Waals surface area contributed by atoms with Crippen LogP contribution in [-0.4, -0.2) is 9.78 Å². The van der Waals surface area contributed by atoms with Crippen LogP contribution in [0.4, 0.5) is 13.2 Å². The van der Waals surface area contributed by atoms with Crippen molar-refractivity contribution in [2.75, 3.05) is 0 Å². The molecule has 0 aliphatic carbocycles. The Kier molecular flexibility index (Phi) is 2.63. The van der Waals surface area contributed by atoms with E-state index >= 15 is 0 Å². The predicted molar refractivity (Wildman–Crippen MR) is 52.4 cm³/mol. The molecule has 0 bridgehead atoms. The number of hydrogen-bond donors (Lipinski definition) is 0. The van der Waals surface area contributed by atoms with Crippen molar-refractivity contribution in [1.29, 1.82) is 0 Å². The van der Waals surface area contributed by atoms with Crippen molar-refractivity contribution < 1.29 is 13.2 Å². The van der Waals surface area contributed by atoms with Crippen molar-refractivity contribution in [2.45, 2.75) is 6.18 Å². The summed E-state index contributed by atoms with van der Waals surface area (Å²) >= 11 is 5.82. The molecule has 0 fully saturated rings. The summed E-state index contributed by atoms with van der Waals surface area (Å²) in [5.41, 5.74) is -0.632. The zero-order valence-electron chi connectivity index (χ0n) is 7.79. The highest BCUT2D eigenvalue weighted by Crippen LogP contribution is 2.28. The van der Waals surface area contributed by atoms with Gasteiger partial charge in [0.25, 0.3) is 0 Å². The van der Waals surface area contributed by atoms with Crippen LogP contribution in [0.5, 0.6) is 0 Å². The molecule has 0 N–H and O–H groups in total. The Balaban J connectivity index is 2.44. The largest absolute Gasteiger partial charge is 0.435 e. The SMILES string of the molecule is FC(F)(F)c1c[c]n(-c2ccccc2Cl)n1. The van der Waals surface area contributed by atoms with Gasteiger partial charge in [-0.25, -0.2) is 4.68 Å². The summed E-state index contributed by atoms with van der Waals surface area (Å²) in [6, 6.07) is 7.25. The van der Waals surface area contributed by atoms with E-state index < -0.39 is 11.9 Å². The molecular formula is C10H5ClF3N2. The van der Waals surface area contributed by atoms with Crippen molar-refractivity contribution in [3.05, 3.63) is 47.2 Å². The van der Waals surface area contributed by atoms with Gasteiger partial charge in [0.15, 0.2) is 5.69 Å². The average Bonchev–Trinajstić information content (AvgIpc) is 2.66. The van der Waals surface area contributed by atoms with Crippen LogP contribution >= 0.6 is 11.6 Å². The molecule has 1 heterocycles. The number of hydrogen-bond acceptors (Lipinski definition) is 1. The molecule has 1 aromatic carbocycles. The van der Waals surface area contributed by atoms with Crippen LogP contribution in [0.3, 0.4) is 0 Å². The van der Waals surface area contributed by atoms with E-state index in [-0.39, 0.29) is 0 Å². The maximum Gasteiger partial charge on any atom is 0.435 e. The molecule has 0 amide bonds. The van der Waals surface area contributed by atoms with E-state index in [1.54, 1.807) is 24.3 Å². The zero-order valence-corrected chi connectivity index (χ0v) is 8.55. The zero-order chi connectivity index (χ0) is 11.8. The molecule has 0 atom stereocenters. The molecule has 0 unspecified atom stereocenters. The first kappa shape index (κ1) is 11.0. The third-order valence-electron chi connectivity index (χ3n) is 1.90. The van der Waals surface area contributed by atoms with Crippen LogP contribution < -0.4 is 0 Å². The molecule has 0 spiro atoms. The molecule has 16 heavy (non-hydrogen) atoms. The monoisotopic (exact) mass is 245 g/mol. The normalized spacial score (nSPS) is 11.8. The van der Waals surface area contributed by atoms with Gasteiger partial charge in [0, 0.05) is 0 Å². The molecule has 83 valence electrons. The van der Waals surface area contributed by atoms with Gasteiger partial charge >= 0.3 is 6.18 Å². The summed E-state index contributed by atoms with van der Waals surface area (Å²) in [6.07, 6.45) is -2.10. The van der Waals surface area contributed by atoms with Crippen LogP contribution in [0.2, 0.25) is 5.02 Å². The van der Waals surface area contributed by atoms with Crippen LogP contribution in [0.15, 0.2) is 30.3 Å². The highest BCUT2D eigenvalue weighted by Gasteiger charge is 2.33. The summed E-state index contributed by atoms with van der Waals surface area (Å²) in [4.78, 5) is 0. The fourth-order valence-electron chi connectivity index (χ4n) is 1.17. The fourth-order valence-corrected chi connectivity index (χ4v) is 1.39. The van der Waals surface area contributed by atoms with E-state index in [1.807, 2.05) is 0 Å². The van der Waals surface area contributed by atoms with Crippen LogP contribution in [-0.2, 0) is 6.18 Å². The molecular weight excluding hydrogens is 241 g/mol. The Morgan fingerprint density at radius 2 is 1.94 bits per heavy atom. The number of benzene rings is 1. The second-order valence-corrected chi connectivity index (χ2v) is 3.43. The quantitative estimate of drug-likeness (QED) is 0.753. The maximum absolute atomic E-state index is 12.3. The second kappa shape index (κ2) is 3.83. The Labute approximate surface area is 94.3 Å². The molecule has 1 aromatic heterocycles. The minimum absolute atomic E-state index is 0.315. The molecule has 0 aliphatic heterocycles. The highest BCUT2D eigenvalue weighted by atomic mass is 35.5. The minimum atomic E-state index is -4.47. The average molecular weight is 246 g/mol. The summed E-state index contributed by atoms with van der Waals surface area (Å²) in [6.45, 7) is 0. The Morgan fingerprint density at radius 1 is 1.25 bits per heavy atom. The van der Waals surface area contributed by atoms with Gasteiger partial charge in [-0.15, -0.1) is 0 Å². The maximum atomic E-state index is 12.3. The predicted octanol–water partition coefficient (Wildman–Crippen LogP) is 3.34. The molecule has 1 radical (unpaired) electrons. The molecule has 0 aliphatic rings. The Hall–Kier alpha value is -1.49. The van der Waals surface area contributed by atoms with Crippen molar-refractivity contribution >= 4 is 11.6 Å². The van der Waals surface area contributed by atoms with Gasteiger partial charge in [0.05, 0.1) is 16.9 Å². The van der Waals surface area contributed by atoms with E-state index in [0.29, 0.717) is 10.7 Å². The number of alkyl halides is 3. The van der Waals surface area contributed by atoms with E-state index in [2.05, 4.69) is 11.3 Å². The first-order valence-corrected chi connectivity index (χ1v) is 4.66. The van der Waals surface area contributed by atoms with Gasteiger partial charge in [-0.2, -0.15) is 18.3 Å². The number of para-hydroxylation sites is 1. The molecule has 2 aromatic rings. The molecule has 0 saturated heterocycles. The van der Waals surface area contributed by atoms with E-state index in [0.717, 1.165) is 10.7 Å². The summed E-state index contributed by atoms with van der Waals surface area (Å²) in [5, 5.41) is 3.68. The van der Waals surface area contributed by atoms with Gasteiger partial charge < -0.3 is 0 Å². The van der Waals surface area contributed by atoms with Crippen molar-refractivity contribution in [3.8, 4) is 5.69 Å². The lowest BCUT2D eigenvalue weighted by Gasteiger charge is -2.04. The summed E-state index contributed by atoms with van der Waals surface area (Å²) in [5.74, 6) is 0. The van der Waals surface area contributed by atoms with Crippen LogP contribution in [0, 0.1) is 6.20 Å². The van der Waals surface area contributed by atoms with Crippen molar-refractivity contribution in [3.63, 3.8) is 0 Å². The standard InChI is InChI=1S/C10H5ClF3N2/c11-7-3-1-2-4-8(7)16-6-5-9(15-16)10(12,13)14/h1-5H. The number of nitrogens with zero attached hydrogens (tertiary/aromatic N) is 2. The lowest BCUT2D eigenvalue weighted by Crippen LogP contribution is -2.07. The topological polar surface area (TPSA) is 17.8 Å². The lowest BCUT2D eigenvalue weighted by atomic mass is 10.3. The van der Waals surface area contributed by atoms with Crippen LogP contribution in [0.1, 0.15) is 5.69 Å². The van der Waals surface area contributed by atoms with Crippen molar-refractivity contribution in [2.24, 2.45) is 0 Å². The van der Waals surface area contributed by atoms with Gasteiger partial charge in [0.1, 0.15) is 0 Å². The van der Waals surface area contributed by atoms with E-state index in [9.17, 15) is 13.2 Å². The first-order valence-electron chi connectivity index (χ1n) is 4.28. The lowest BCUT2D eigenvalue weighted by molar-refractivity contribution is -0.141. The number of rotatable bonds is 1. The van der Waals surface area contributed by atoms with E-state index in [4.69, 9.17) is 11.6 Å². The number of aromatic nitrogens is 2. The van der Waals surface area contributed by atoms with Gasteiger partial charge in [-0.1, -0.05) is 23.7 Å². The first-order chi connectivity index (χ1) is 7.48. The molecule has 0 saturated carbocycles. The molecule has 2 rings (SSSR count). The Morgan fingerprint density at radius 3 is 2.50 bits per heavy atom. The van der Waals surface area contributed by atoms with Gasteiger partial charge in [-0.05, 0) is 18.2 Å². The van der Waals surface area contributed by atoms with Gasteiger partial charge in [-0.3, -0.25) is 0 Å². The molecule has 2 nitrogen and oxygen atoms in total. The third-order valence-corrected chi connectivity index (χ3v) is 2.22. The highest BCUT2D eigenvalue weighted by molar-refractivity contribution is 6.32. The smallest absolute Gasteiger partial charge is 0.229 e. The molecule has 6 heteroatoms. The van der Waals surface area contributed by atoms with Gasteiger partial charge in [0.2, 0.25) is 0 Å². The second-order valence-electron chi connectivity index (χ2n) is 3.02. The summed E-state index contributed by atoms with van der Waals surface area (Å²) in [7, 11) is 0. The third kappa shape index (κ3) is 2.04. The van der Waals surface area contributed by atoms with Crippen molar-refractivity contribution in [1.82, 2.24) is 9.78 Å². The fraction of sp³-hybridized carbons (Fsp3) is 0.100. The summed E-state index contributed by atoms with van der Waals surface area (Å²) < 4.78 is 37.8. The van der Waals surface area contributed by atoms with Crippen LogP contribution in [0.25, 0.3) is 5.69 Å². The minimum Gasteiger partial charge on any atom is -0.229 e.